The number of rotatable bonds is 8. The highest BCUT2D eigenvalue weighted by molar-refractivity contribution is 6.00. The minimum atomic E-state index is -0.0937. The smallest absolute Gasteiger partial charge is 0.253 e. The summed E-state index contributed by atoms with van der Waals surface area (Å²) in [6.07, 6.45) is 0.697. The molecule has 3 aromatic carbocycles. The standard InChI is InChI=1S/C24H26N2O3/c1-26(19-9-5-4-6-10-19)21-12-8-7-11-20(21)24(27)25-16-15-18-13-14-22(28-2)23(17-18)29-3/h4-14,17H,15-16H2,1-3H3,(H,25,27). The van der Waals surface area contributed by atoms with Crippen LogP contribution in [-0.2, 0) is 6.42 Å². The van der Waals surface area contributed by atoms with E-state index in [1.165, 1.54) is 0 Å². The fraction of sp³-hybridized carbons (Fsp3) is 0.208. The normalized spacial score (nSPS) is 10.3. The minimum absolute atomic E-state index is 0.0937. The van der Waals surface area contributed by atoms with Gasteiger partial charge in [0.1, 0.15) is 0 Å². The maximum atomic E-state index is 12.8. The fourth-order valence-electron chi connectivity index (χ4n) is 3.20. The van der Waals surface area contributed by atoms with E-state index in [0.29, 0.717) is 30.0 Å². The number of ether oxygens (including phenoxy) is 2. The summed E-state index contributed by atoms with van der Waals surface area (Å²) >= 11 is 0. The third kappa shape index (κ3) is 4.88. The van der Waals surface area contributed by atoms with E-state index in [-0.39, 0.29) is 5.91 Å². The van der Waals surface area contributed by atoms with Gasteiger partial charge < -0.3 is 19.7 Å². The van der Waals surface area contributed by atoms with Crippen molar-refractivity contribution in [2.75, 3.05) is 32.7 Å². The number of benzene rings is 3. The number of hydrogen-bond acceptors (Lipinski definition) is 4. The van der Waals surface area contributed by atoms with E-state index in [2.05, 4.69) is 5.32 Å². The van der Waals surface area contributed by atoms with Crippen LogP contribution >= 0.6 is 0 Å². The number of carbonyl (C=O) groups excluding carboxylic acids is 1. The van der Waals surface area contributed by atoms with Crippen LogP contribution in [0.2, 0.25) is 0 Å². The Morgan fingerprint density at radius 2 is 1.59 bits per heavy atom. The molecule has 5 heteroatoms. The third-order valence-corrected chi connectivity index (χ3v) is 4.80. The summed E-state index contributed by atoms with van der Waals surface area (Å²) in [7, 11) is 5.19. The van der Waals surface area contributed by atoms with Gasteiger partial charge in [0.25, 0.3) is 5.91 Å². The van der Waals surface area contributed by atoms with Crippen molar-refractivity contribution in [1.29, 1.82) is 0 Å². The number of para-hydroxylation sites is 2. The molecule has 150 valence electrons. The predicted molar refractivity (Wildman–Crippen MR) is 117 cm³/mol. The van der Waals surface area contributed by atoms with Gasteiger partial charge in [-0.25, -0.2) is 0 Å². The van der Waals surface area contributed by atoms with Gasteiger partial charge in [0.05, 0.1) is 25.5 Å². The second-order valence-electron chi connectivity index (χ2n) is 6.61. The molecule has 0 aliphatic heterocycles. The van der Waals surface area contributed by atoms with E-state index in [1.54, 1.807) is 14.2 Å². The largest absolute Gasteiger partial charge is 0.493 e. The number of amides is 1. The van der Waals surface area contributed by atoms with Gasteiger partial charge in [-0.1, -0.05) is 36.4 Å². The van der Waals surface area contributed by atoms with Crippen LogP contribution in [0.3, 0.4) is 0 Å². The van der Waals surface area contributed by atoms with Gasteiger partial charge in [-0.2, -0.15) is 0 Å². The van der Waals surface area contributed by atoms with Gasteiger partial charge in [-0.05, 0) is 48.4 Å². The molecule has 5 nitrogen and oxygen atoms in total. The molecule has 3 rings (SSSR count). The van der Waals surface area contributed by atoms with Crippen molar-refractivity contribution < 1.29 is 14.3 Å². The summed E-state index contributed by atoms with van der Waals surface area (Å²) in [6.45, 7) is 0.525. The van der Waals surface area contributed by atoms with Crippen molar-refractivity contribution in [3.63, 3.8) is 0 Å². The highest BCUT2D eigenvalue weighted by Crippen LogP contribution is 2.28. The molecule has 0 spiro atoms. The maximum absolute atomic E-state index is 12.8. The van der Waals surface area contributed by atoms with Crippen molar-refractivity contribution in [1.82, 2.24) is 5.32 Å². The van der Waals surface area contributed by atoms with Crippen LogP contribution in [0, 0.1) is 0 Å². The van der Waals surface area contributed by atoms with Crippen LogP contribution in [-0.4, -0.2) is 33.7 Å². The molecule has 0 aliphatic rings. The van der Waals surface area contributed by atoms with Crippen LogP contribution < -0.4 is 19.7 Å². The third-order valence-electron chi connectivity index (χ3n) is 4.80. The molecule has 0 bridgehead atoms. The number of methoxy groups -OCH3 is 2. The Labute approximate surface area is 171 Å². The summed E-state index contributed by atoms with van der Waals surface area (Å²) in [5.74, 6) is 1.29. The number of nitrogens with one attached hydrogen (secondary N) is 1. The summed E-state index contributed by atoms with van der Waals surface area (Å²) in [5.41, 5.74) is 3.60. The lowest BCUT2D eigenvalue weighted by Gasteiger charge is -2.22. The number of nitrogens with zero attached hydrogens (tertiary/aromatic N) is 1. The molecular formula is C24H26N2O3. The molecule has 0 fully saturated rings. The van der Waals surface area contributed by atoms with Crippen molar-refractivity contribution in [2.24, 2.45) is 0 Å². The zero-order valence-corrected chi connectivity index (χ0v) is 17.0. The van der Waals surface area contributed by atoms with Gasteiger partial charge in [0.15, 0.2) is 11.5 Å². The number of hydrogen-bond donors (Lipinski definition) is 1. The molecule has 1 N–H and O–H groups in total. The molecule has 0 atom stereocenters. The lowest BCUT2D eigenvalue weighted by Crippen LogP contribution is -2.27. The Bertz CT molecular complexity index is 957. The SMILES string of the molecule is COc1ccc(CCNC(=O)c2ccccc2N(C)c2ccccc2)cc1OC. The van der Waals surface area contributed by atoms with Crippen molar-refractivity contribution >= 4 is 17.3 Å². The Morgan fingerprint density at radius 3 is 2.31 bits per heavy atom. The average Bonchev–Trinajstić information content (AvgIpc) is 2.79. The molecule has 0 saturated carbocycles. The van der Waals surface area contributed by atoms with E-state index in [9.17, 15) is 4.79 Å². The molecule has 1 amide bonds. The molecular weight excluding hydrogens is 364 g/mol. The van der Waals surface area contributed by atoms with E-state index in [0.717, 1.165) is 16.9 Å². The van der Waals surface area contributed by atoms with Crippen LogP contribution in [0.25, 0.3) is 0 Å². The first-order valence-electron chi connectivity index (χ1n) is 9.51. The lowest BCUT2D eigenvalue weighted by molar-refractivity contribution is 0.0954. The first-order valence-corrected chi connectivity index (χ1v) is 9.51. The molecule has 3 aromatic rings. The molecule has 0 heterocycles. The van der Waals surface area contributed by atoms with Crippen molar-refractivity contribution in [3.8, 4) is 11.5 Å². The topological polar surface area (TPSA) is 50.8 Å². The molecule has 0 radical (unpaired) electrons. The second-order valence-corrected chi connectivity index (χ2v) is 6.61. The summed E-state index contributed by atoms with van der Waals surface area (Å²) < 4.78 is 10.6. The number of anilines is 2. The summed E-state index contributed by atoms with van der Waals surface area (Å²) in [5, 5.41) is 3.02. The average molecular weight is 390 g/mol. The monoisotopic (exact) mass is 390 g/mol. The van der Waals surface area contributed by atoms with Gasteiger partial charge in [-0.15, -0.1) is 0 Å². The Hall–Kier alpha value is -3.47. The highest BCUT2D eigenvalue weighted by Gasteiger charge is 2.14. The quantitative estimate of drug-likeness (QED) is 0.618. The minimum Gasteiger partial charge on any atom is -0.493 e. The van der Waals surface area contributed by atoms with E-state index >= 15 is 0 Å². The highest BCUT2D eigenvalue weighted by atomic mass is 16.5. The van der Waals surface area contributed by atoms with Gasteiger partial charge in [0, 0.05) is 19.3 Å². The zero-order valence-electron chi connectivity index (χ0n) is 17.0. The molecule has 29 heavy (non-hydrogen) atoms. The number of carbonyl (C=O) groups is 1. The van der Waals surface area contributed by atoms with Crippen LogP contribution in [0.1, 0.15) is 15.9 Å². The van der Waals surface area contributed by atoms with E-state index < -0.39 is 0 Å². The van der Waals surface area contributed by atoms with Crippen LogP contribution in [0.15, 0.2) is 72.8 Å². The summed E-state index contributed by atoms with van der Waals surface area (Å²) in [4.78, 5) is 14.8. The Kier molecular flexibility index (Phi) is 6.74. The fourth-order valence-corrected chi connectivity index (χ4v) is 3.20. The van der Waals surface area contributed by atoms with E-state index in [4.69, 9.17) is 9.47 Å². The molecule has 0 saturated heterocycles. The maximum Gasteiger partial charge on any atom is 0.253 e. The van der Waals surface area contributed by atoms with Crippen LogP contribution in [0.5, 0.6) is 11.5 Å². The van der Waals surface area contributed by atoms with Gasteiger partial charge >= 0.3 is 0 Å². The molecule has 0 aromatic heterocycles. The Balaban J connectivity index is 1.67. The Morgan fingerprint density at radius 1 is 0.897 bits per heavy atom. The van der Waals surface area contributed by atoms with Crippen molar-refractivity contribution in [3.05, 3.63) is 83.9 Å². The first-order chi connectivity index (χ1) is 14.1. The predicted octanol–water partition coefficient (Wildman–Crippen LogP) is 4.44. The van der Waals surface area contributed by atoms with Crippen molar-refractivity contribution in [2.45, 2.75) is 6.42 Å². The summed E-state index contributed by atoms with van der Waals surface area (Å²) in [6, 6.07) is 23.4. The molecule has 0 unspecified atom stereocenters. The van der Waals surface area contributed by atoms with Gasteiger partial charge in [-0.3, -0.25) is 4.79 Å². The van der Waals surface area contributed by atoms with Gasteiger partial charge in [0.2, 0.25) is 0 Å². The van der Waals surface area contributed by atoms with E-state index in [1.807, 2.05) is 84.7 Å². The first kappa shape index (κ1) is 20.3. The second kappa shape index (κ2) is 9.64. The lowest BCUT2D eigenvalue weighted by atomic mass is 10.1. The zero-order chi connectivity index (χ0) is 20.6. The van der Waals surface area contributed by atoms with Crippen LogP contribution in [0.4, 0.5) is 11.4 Å². The molecule has 0 aliphatic carbocycles.